The van der Waals surface area contributed by atoms with E-state index in [2.05, 4.69) is 10.6 Å². The zero-order valence-corrected chi connectivity index (χ0v) is 18.3. The SMILES string of the molecule is CSCC(=O)N1CCC2NC(=O)C3CC(NC(=O)c4ccc(F)c(Cl)c4)CN3C(=O)C21. The lowest BCUT2D eigenvalue weighted by atomic mass is 10.1. The Bertz CT molecular complexity index is 948. The first-order chi connectivity index (χ1) is 14.8. The number of amides is 4. The Kier molecular flexibility index (Phi) is 6.11. The molecule has 0 aliphatic carbocycles. The lowest BCUT2D eigenvalue weighted by Crippen LogP contribution is -2.53. The number of benzene rings is 1. The Balaban J connectivity index is 1.49. The highest BCUT2D eigenvalue weighted by molar-refractivity contribution is 7.99. The van der Waals surface area contributed by atoms with Crippen LogP contribution >= 0.6 is 23.4 Å². The van der Waals surface area contributed by atoms with Gasteiger partial charge in [-0.25, -0.2) is 4.39 Å². The molecule has 1 aromatic rings. The number of likely N-dealkylation sites (tertiary alicyclic amines) is 1. The van der Waals surface area contributed by atoms with E-state index in [0.29, 0.717) is 13.0 Å². The summed E-state index contributed by atoms with van der Waals surface area (Å²) in [6, 6.07) is 1.37. The minimum absolute atomic E-state index is 0.127. The molecule has 4 atom stereocenters. The molecule has 8 nitrogen and oxygen atoms in total. The van der Waals surface area contributed by atoms with Gasteiger partial charge in [-0.1, -0.05) is 11.6 Å². The molecule has 3 aliphatic rings. The topological polar surface area (TPSA) is 98.8 Å². The van der Waals surface area contributed by atoms with Crippen molar-refractivity contribution in [3.05, 3.63) is 34.6 Å². The number of carbonyl (C=O) groups is 4. The lowest BCUT2D eigenvalue weighted by Gasteiger charge is -2.29. The van der Waals surface area contributed by atoms with Crippen LogP contribution in [0.2, 0.25) is 5.02 Å². The maximum atomic E-state index is 13.4. The fourth-order valence-corrected chi connectivity index (χ4v) is 5.12. The third kappa shape index (κ3) is 4.10. The largest absolute Gasteiger partial charge is 0.349 e. The molecule has 4 rings (SSSR count). The van der Waals surface area contributed by atoms with E-state index in [9.17, 15) is 23.6 Å². The van der Waals surface area contributed by atoms with Crippen molar-refractivity contribution < 1.29 is 23.6 Å². The third-order valence-corrected chi connectivity index (χ3v) is 6.80. The first-order valence-corrected chi connectivity index (χ1v) is 11.7. The standard InChI is InChI=1S/C20H22ClFN4O4S/c1-31-9-16(27)25-5-4-14-17(25)20(30)26-8-11(7-15(26)19(29)24-14)23-18(28)10-2-3-13(22)12(21)6-10/h2-3,6,11,14-15,17H,4-5,7-9H2,1H3,(H,23,28)(H,24,29). The number of carbonyl (C=O) groups excluding carboxylic acids is 4. The van der Waals surface area contributed by atoms with Gasteiger partial charge in [0.2, 0.25) is 17.7 Å². The van der Waals surface area contributed by atoms with Crippen LogP contribution in [-0.2, 0) is 14.4 Å². The minimum Gasteiger partial charge on any atom is -0.349 e. The molecule has 4 amide bonds. The van der Waals surface area contributed by atoms with Gasteiger partial charge in [0.05, 0.1) is 16.8 Å². The van der Waals surface area contributed by atoms with Crippen molar-refractivity contribution in [2.24, 2.45) is 0 Å². The van der Waals surface area contributed by atoms with E-state index in [-0.39, 0.29) is 47.0 Å². The van der Waals surface area contributed by atoms with Gasteiger partial charge in [0.1, 0.15) is 17.9 Å². The van der Waals surface area contributed by atoms with Gasteiger partial charge in [0, 0.05) is 24.7 Å². The highest BCUT2D eigenvalue weighted by atomic mass is 35.5. The number of nitrogens with one attached hydrogen (secondary N) is 2. The Morgan fingerprint density at radius 3 is 2.84 bits per heavy atom. The number of hydrogen-bond acceptors (Lipinski definition) is 5. The molecule has 31 heavy (non-hydrogen) atoms. The monoisotopic (exact) mass is 468 g/mol. The van der Waals surface area contributed by atoms with Gasteiger partial charge in [0.15, 0.2) is 0 Å². The fourth-order valence-electron chi connectivity index (χ4n) is 4.52. The number of halogens is 2. The minimum atomic E-state index is -0.723. The average Bonchev–Trinajstić information content (AvgIpc) is 3.32. The lowest BCUT2D eigenvalue weighted by molar-refractivity contribution is -0.143. The molecule has 4 unspecified atom stereocenters. The van der Waals surface area contributed by atoms with Gasteiger partial charge in [-0.3, -0.25) is 19.2 Å². The first kappa shape index (κ1) is 21.9. The number of nitrogens with zero attached hydrogens (tertiary/aromatic N) is 2. The van der Waals surface area contributed by atoms with Crippen molar-refractivity contribution in [1.29, 1.82) is 0 Å². The Morgan fingerprint density at radius 2 is 2.13 bits per heavy atom. The molecule has 3 aliphatic heterocycles. The summed E-state index contributed by atoms with van der Waals surface area (Å²) in [7, 11) is 0. The molecule has 3 fully saturated rings. The second-order valence-corrected chi connectivity index (χ2v) is 9.18. The van der Waals surface area contributed by atoms with E-state index < -0.39 is 35.9 Å². The van der Waals surface area contributed by atoms with Crippen LogP contribution in [0.3, 0.4) is 0 Å². The van der Waals surface area contributed by atoms with Crippen LogP contribution in [0.5, 0.6) is 0 Å². The second kappa shape index (κ2) is 8.66. The molecule has 0 saturated carbocycles. The van der Waals surface area contributed by atoms with Gasteiger partial charge in [-0.05, 0) is 37.3 Å². The van der Waals surface area contributed by atoms with E-state index in [1.807, 2.05) is 6.26 Å². The van der Waals surface area contributed by atoms with Crippen molar-refractivity contribution in [1.82, 2.24) is 20.4 Å². The van der Waals surface area contributed by atoms with Gasteiger partial charge in [-0.2, -0.15) is 11.8 Å². The summed E-state index contributed by atoms with van der Waals surface area (Å²) in [5.41, 5.74) is 0.189. The molecule has 3 saturated heterocycles. The Hall–Kier alpha value is -2.33. The van der Waals surface area contributed by atoms with Gasteiger partial charge in [-0.15, -0.1) is 0 Å². The molecule has 11 heteroatoms. The molecule has 0 aromatic heterocycles. The predicted molar refractivity (Wildman–Crippen MR) is 113 cm³/mol. The summed E-state index contributed by atoms with van der Waals surface area (Å²) in [5, 5.41) is 5.55. The van der Waals surface area contributed by atoms with Crippen LogP contribution in [0.1, 0.15) is 23.2 Å². The van der Waals surface area contributed by atoms with Crippen molar-refractivity contribution in [2.45, 2.75) is 37.0 Å². The Morgan fingerprint density at radius 1 is 1.35 bits per heavy atom. The molecule has 0 radical (unpaired) electrons. The number of rotatable bonds is 4. The quantitative estimate of drug-likeness (QED) is 0.675. The molecule has 0 spiro atoms. The molecule has 2 N–H and O–H groups in total. The summed E-state index contributed by atoms with van der Waals surface area (Å²) in [6.45, 7) is 0.579. The third-order valence-electron chi connectivity index (χ3n) is 5.97. The summed E-state index contributed by atoms with van der Waals surface area (Å²) < 4.78 is 13.4. The molecule has 166 valence electrons. The molecule has 3 heterocycles. The fraction of sp³-hybridized carbons (Fsp3) is 0.500. The van der Waals surface area contributed by atoms with E-state index in [0.717, 1.165) is 6.07 Å². The summed E-state index contributed by atoms with van der Waals surface area (Å²) in [5.74, 6) is -1.50. The van der Waals surface area contributed by atoms with Crippen molar-refractivity contribution in [3.8, 4) is 0 Å². The number of fused-ring (bicyclic) bond motifs is 2. The predicted octanol–water partition coefficient (Wildman–Crippen LogP) is 0.641. The maximum Gasteiger partial charge on any atom is 0.251 e. The number of thioether (sulfide) groups is 1. The second-order valence-electron chi connectivity index (χ2n) is 7.91. The zero-order valence-electron chi connectivity index (χ0n) is 16.8. The van der Waals surface area contributed by atoms with Crippen LogP contribution < -0.4 is 10.6 Å². The summed E-state index contributed by atoms with van der Waals surface area (Å²) >= 11 is 7.13. The maximum absolute atomic E-state index is 13.4. The van der Waals surface area contributed by atoms with Gasteiger partial charge >= 0.3 is 0 Å². The molecular weight excluding hydrogens is 447 g/mol. The summed E-state index contributed by atoms with van der Waals surface area (Å²) in [6.07, 6.45) is 2.62. The highest BCUT2D eigenvalue weighted by Crippen LogP contribution is 2.29. The van der Waals surface area contributed by atoms with Crippen LogP contribution in [-0.4, -0.2) is 82.7 Å². The van der Waals surface area contributed by atoms with E-state index >= 15 is 0 Å². The van der Waals surface area contributed by atoms with Gasteiger partial charge < -0.3 is 20.4 Å². The summed E-state index contributed by atoms with van der Waals surface area (Å²) in [4.78, 5) is 54.1. The van der Waals surface area contributed by atoms with Gasteiger partial charge in [0.25, 0.3) is 5.91 Å². The molecule has 1 aromatic carbocycles. The number of hydrogen-bond donors (Lipinski definition) is 2. The van der Waals surface area contributed by atoms with E-state index in [1.54, 1.807) is 4.90 Å². The van der Waals surface area contributed by atoms with Crippen LogP contribution in [0.4, 0.5) is 4.39 Å². The normalized spacial score (nSPS) is 27.5. The van der Waals surface area contributed by atoms with E-state index in [1.165, 1.54) is 28.8 Å². The molecular formula is C20H22ClFN4O4S. The van der Waals surface area contributed by atoms with Crippen LogP contribution in [0, 0.1) is 5.82 Å². The smallest absolute Gasteiger partial charge is 0.251 e. The van der Waals surface area contributed by atoms with Crippen LogP contribution in [0.15, 0.2) is 18.2 Å². The average molecular weight is 469 g/mol. The van der Waals surface area contributed by atoms with E-state index in [4.69, 9.17) is 11.6 Å². The highest BCUT2D eigenvalue weighted by Gasteiger charge is 2.52. The first-order valence-electron chi connectivity index (χ1n) is 9.95. The van der Waals surface area contributed by atoms with Crippen LogP contribution in [0.25, 0.3) is 0 Å². The Labute approximate surface area is 187 Å². The van der Waals surface area contributed by atoms with Crippen molar-refractivity contribution in [2.75, 3.05) is 25.1 Å². The van der Waals surface area contributed by atoms with Crippen molar-refractivity contribution in [3.63, 3.8) is 0 Å². The van der Waals surface area contributed by atoms with Crippen molar-refractivity contribution >= 4 is 47.0 Å². The molecule has 0 bridgehead atoms. The zero-order chi connectivity index (χ0) is 22.3.